The normalized spacial score (nSPS) is 16.0. The molecule has 0 saturated carbocycles. The number of rotatable bonds is 5. The molecule has 1 heterocycles. The first kappa shape index (κ1) is 19.5. The maximum absolute atomic E-state index is 9.09. The van der Waals surface area contributed by atoms with Crippen LogP contribution in [0.3, 0.4) is 0 Å². The van der Waals surface area contributed by atoms with Gasteiger partial charge in [-0.1, -0.05) is 12.2 Å². The van der Waals surface area contributed by atoms with Crippen molar-refractivity contribution in [2.75, 3.05) is 11.1 Å². The molecule has 0 radical (unpaired) electrons. The number of nitriles is 1. The van der Waals surface area contributed by atoms with Crippen LogP contribution >= 0.6 is 12.2 Å². The number of aryl methyl sites for hydroxylation is 1. The Morgan fingerprint density at radius 2 is 2.21 bits per heavy atom. The van der Waals surface area contributed by atoms with Gasteiger partial charge in [-0.3, -0.25) is 10.4 Å². The van der Waals surface area contributed by atoms with Crippen LogP contribution in [-0.2, 0) is 6.42 Å². The lowest BCUT2D eigenvalue weighted by Crippen LogP contribution is -2.20. The second-order valence-corrected chi connectivity index (χ2v) is 7.34. The third kappa shape index (κ3) is 4.18. The number of allylic oxidation sites excluding steroid dienone is 2. The summed E-state index contributed by atoms with van der Waals surface area (Å²) in [4.78, 5) is 4.85. The molecule has 2 aromatic rings. The van der Waals surface area contributed by atoms with E-state index >= 15 is 0 Å². The number of thiocarbonyl (C=S) groups is 1. The van der Waals surface area contributed by atoms with E-state index < -0.39 is 0 Å². The van der Waals surface area contributed by atoms with Gasteiger partial charge in [0.25, 0.3) is 0 Å². The Morgan fingerprint density at radius 1 is 1.43 bits per heavy atom. The van der Waals surface area contributed by atoms with E-state index in [0.717, 1.165) is 36.2 Å². The number of hydrogen-bond acceptors (Lipinski definition) is 7. The van der Waals surface area contributed by atoms with Crippen LogP contribution in [-0.4, -0.2) is 15.6 Å². The molecule has 1 atom stereocenters. The predicted octanol–water partition coefficient (Wildman–Crippen LogP) is 3.63. The largest absolute Gasteiger partial charge is 0.402 e. The van der Waals surface area contributed by atoms with Crippen molar-refractivity contribution in [2.45, 2.75) is 32.2 Å². The molecule has 0 bridgehead atoms. The third-order valence-corrected chi connectivity index (χ3v) is 4.99. The van der Waals surface area contributed by atoms with Gasteiger partial charge in [0.15, 0.2) is 0 Å². The lowest BCUT2D eigenvalue weighted by molar-refractivity contribution is 0.583. The fourth-order valence-electron chi connectivity index (χ4n) is 3.35. The minimum atomic E-state index is 0.0419. The Balaban J connectivity index is 1.87. The number of anilines is 2. The Kier molecular flexibility index (Phi) is 5.71. The van der Waals surface area contributed by atoms with Crippen molar-refractivity contribution in [3.63, 3.8) is 0 Å². The highest BCUT2D eigenvalue weighted by Crippen LogP contribution is 2.32. The molecule has 0 spiro atoms. The molecule has 6 nitrogen and oxygen atoms in total. The number of fused-ring (bicyclic) bond motifs is 1. The Bertz CT molecular complexity index is 1010. The fourth-order valence-corrected chi connectivity index (χ4v) is 3.64. The number of benzene rings is 1. The number of nitrogens with one attached hydrogen (secondary N) is 2. The number of nitrogens with zero attached hydrogens (tertiary/aromatic N) is 2. The van der Waals surface area contributed by atoms with Gasteiger partial charge in [0, 0.05) is 28.8 Å². The SMILES string of the molecule is C/C(N)=C/C(=S)C(=N)c1cc(NC2CCCc3cc(C#N)cnc32)ccc1N. The van der Waals surface area contributed by atoms with Gasteiger partial charge in [-0.25, -0.2) is 0 Å². The van der Waals surface area contributed by atoms with Gasteiger partial charge in [-0.15, -0.1) is 0 Å². The van der Waals surface area contributed by atoms with Crippen LogP contribution < -0.4 is 16.8 Å². The van der Waals surface area contributed by atoms with Crippen LogP contribution in [0.1, 0.15) is 48.2 Å². The summed E-state index contributed by atoms with van der Waals surface area (Å²) in [5.41, 5.74) is 17.0. The van der Waals surface area contributed by atoms with Crippen LogP contribution in [0, 0.1) is 16.7 Å². The number of hydrogen-bond donors (Lipinski definition) is 4. The topological polar surface area (TPSA) is 125 Å². The monoisotopic (exact) mass is 390 g/mol. The molecule has 6 N–H and O–H groups in total. The minimum Gasteiger partial charge on any atom is -0.402 e. The summed E-state index contributed by atoms with van der Waals surface area (Å²) in [5.74, 6) is 0. The Hall–Kier alpha value is -3.24. The lowest BCUT2D eigenvalue weighted by atomic mass is 9.91. The zero-order valence-electron chi connectivity index (χ0n) is 15.6. The molecule has 7 heteroatoms. The van der Waals surface area contributed by atoms with Crippen molar-refractivity contribution in [3.05, 3.63) is 64.6 Å². The van der Waals surface area contributed by atoms with E-state index in [1.807, 2.05) is 18.2 Å². The van der Waals surface area contributed by atoms with Gasteiger partial charge >= 0.3 is 0 Å². The first-order chi connectivity index (χ1) is 13.4. The molecule has 0 aliphatic heterocycles. The summed E-state index contributed by atoms with van der Waals surface area (Å²) < 4.78 is 0. The van der Waals surface area contributed by atoms with Crippen LogP contribution in [0.5, 0.6) is 0 Å². The van der Waals surface area contributed by atoms with Gasteiger partial charge in [0.1, 0.15) is 6.07 Å². The van der Waals surface area contributed by atoms with Gasteiger partial charge in [-0.05, 0) is 62.1 Å². The lowest BCUT2D eigenvalue weighted by Gasteiger charge is -2.26. The molecule has 0 saturated heterocycles. The van der Waals surface area contributed by atoms with E-state index in [-0.39, 0.29) is 11.8 Å². The highest BCUT2D eigenvalue weighted by atomic mass is 32.1. The second-order valence-electron chi connectivity index (χ2n) is 6.90. The number of pyridine rings is 1. The third-order valence-electron chi connectivity index (χ3n) is 4.67. The molecule has 28 heavy (non-hydrogen) atoms. The summed E-state index contributed by atoms with van der Waals surface area (Å²) in [5, 5.41) is 20.9. The quantitative estimate of drug-likeness (QED) is 0.267. The standard InChI is InChI=1S/C21H22N6S/c1-12(23)7-19(28)20(25)16-9-15(5-6-17(16)24)27-18-4-2-3-14-8-13(10-22)11-26-21(14)18/h5-9,11,18,25,27H,2-4,23-24H2,1H3/b12-7-,25-20?. The molecule has 1 aliphatic rings. The zero-order chi connectivity index (χ0) is 20.3. The molecule has 1 unspecified atom stereocenters. The van der Waals surface area contributed by atoms with Gasteiger partial charge in [0.05, 0.1) is 27.9 Å². The van der Waals surface area contributed by atoms with E-state index in [1.54, 1.807) is 25.3 Å². The Labute approximate surface area is 169 Å². The van der Waals surface area contributed by atoms with E-state index in [2.05, 4.69) is 16.4 Å². The van der Waals surface area contributed by atoms with Crippen molar-refractivity contribution in [1.29, 1.82) is 10.7 Å². The van der Waals surface area contributed by atoms with Crippen molar-refractivity contribution < 1.29 is 0 Å². The molecule has 1 aliphatic carbocycles. The molecular formula is C21H22N6S. The maximum atomic E-state index is 9.09. The van der Waals surface area contributed by atoms with Gasteiger partial charge < -0.3 is 16.8 Å². The molecule has 0 amide bonds. The van der Waals surface area contributed by atoms with Crippen molar-refractivity contribution in [3.8, 4) is 6.07 Å². The minimum absolute atomic E-state index is 0.0419. The van der Waals surface area contributed by atoms with Crippen LogP contribution in [0.2, 0.25) is 0 Å². The van der Waals surface area contributed by atoms with Gasteiger partial charge in [0.2, 0.25) is 0 Å². The molecular weight excluding hydrogens is 368 g/mol. The van der Waals surface area contributed by atoms with Crippen LogP contribution in [0.25, 0.3) is 0 Å². The molecule has 142 valence electrons. The average Bonchev–Trinajstić information content (AvgIpc) is 2.68. The van der Waals surface area contributed by atoms with Crippen molar-refractivity contribution >= 4 is 34.2 Å². The number of aromatic nitrogens is 1. The highest BCUT2D eigenvalue weighted by molar-refractivity contribution is 7.82. The average molecular weight is 391 g/mol. The summed E-state index contributed by atoms with van der Waals surface area (Å²) >= 11 is 5.28. The Morgan fingerprint density at radius 3 is 2.93 bits per heavy atom. The van der Waals surface area contributed by atoms with E-state index in [1.165, 1.54) is 0 Å². The summed E-state index contributed by atoms with van der Waals surface area (Å²) in [6.45, 7) is 1.73. The van der Waals surface area contributed by atoms with Crippen molar-refractivity contribution in [1.82, 2.24) is 4.98 Å². The highest BCUT2D eigenvalue weighted by Gasteiger charge is 2.22. The van der Waals surface area contributed by atoms with E-state index in [0.29, 0.717) is 27.4 Å². The van der Waals surface area contributed by atoms with Gasteiger partial charge in [-0.2, -0.15) is 5.26 Å². The van der Waals surface area contributed by atoms with Crippen molar-refractivity contribution in [2.24, 2.45) is 5.73 Å². The number of nitrogens with two attached hydrogens (primary N) is 2. The number of nitrogen functional groups attached to an aromatic ring is 1. The maximum Gasteiger partial charge on any atom is 0.101 e. The zero-order valence-corrected chi connectivity index (χ0v) is 16.4. The van der Waals surface area contributed by atoms with E-state index in [4.69, 9.17) is 34.4 Å². The summed E-state index contributed by atoms with van der Waals surface area (Å²) in [7, 11) is 0. The van der Waals surface area contributed by atoms with Crippen LogP contribution in [0.15, 0.2) is 42.2 Å². The fraction of sp³-hybridized carbons (Fsp3) is 0.238. The molecule has 0 fully saturated rings. The summed E-state index contributed by atoms with van der Waals surface area (Å²) in [6.07, 6.45) is 6.08. The predicted molar refractivity (Wildman–Crippen MR) is 116 cm³/mol. The van der Waals surface area contributed by atoms with Crippen LogP contribution in [0.4, 0.5) is 11.4 Å². The second kappa shape index (κ2) is 8.19. The first-order valence-electron chi connectivity index (χ1n) is 9.01. The molecule has 1 aromatic heterocycles. The first-order valence-corrected chi connectivity index (χ1v) is 9.42. The molecule has 1 aromatic carbocycles. The summed E-state index contributed by atoms with van der Waals surface area (Å²) in [6, 6.07) is 9.59. The smallest absolute Gasteiger partial charge is 0.101 e. The molecule has 3 rings (SSSR count). The van der Waals surface area contributed by atoms with E-state index in [9.17, 15) is 0 Å².